The lowest BCUT2D eigenvalue weighted by atomic mass is 9.98. The van der Waals surface area contributed by atoms with Crippen molar-refractivity contribution in [2.45, 2.75) is 44.9 Å². The van der Waals surface area contributed by atoms with Crippen LogP contribution in [0.3, 0.4) is 0 Å². The number of amides is 1. The molecule has 2 atom stereocenters. The topological polar surface area (TPSA) is 55.1 Å². The van der Waals surface area contributed by atoms with Gasteiger partial charge in [-0.2, -0.15) is 13.2 Å². The molecule has 6 heteroatoms. The smallest absolute Gasteiger partial charge is 0.347 e. The normalized spacial score (nSPS) is 16.4. The lowest BCUT2D eigenvalue weighted by Gasteiger charge is -2.29. The SMILES string of the molecule is CCC(NC(=O)C(C)(N)C(F)(F)F)c1ccc(C)cc1. The second-order valence-electron chi connectivity index (χ2n) is 5.05. The fourth-order valence-corrected chi connectivity index (χ4v) is 1.66. The highest BCUT2D eigenvalue weighted by molar-refractivity contribution is 5.87. The summed E-state index contributed by atoms with van der Waals surface area (Å²) in [6, 6.07) is 6.76. The van der Waals surface area contributed by atoms with Crippen molar-refractivity contribution in [2.24, 2.45) is 5.73 Å². The molecule has 0 radical (unpaired) electrons. The minimum atomic E-state index is -4.79. The number of halogens is 3. The van der Waals surface area contributed by atoms with Crippen LogP contribution in [0, 0.1) is 6.92 Å². The van der Waals surface area contributed by atoms with E-state index in [0.29, 0.717) is 13.3 Å². The molecule has 0 saturated carbocycles. The molecule has 0 fully saturated rings. The van der Waals surface area contributed by atoms with Gasteiger partial charge in [-0.15, -0.1) is 0 Å². The predicted octanol–water partition coefficient (Wildman–Crippen LogP) is 2.84. The second kappa shape index (κ2) is 5.83. The molecular weight excluding hydrogens is 269 g/mol. The van der Waals surface area contributed by atoms with Crippen LogP contribution in [0.4, 0.5) is 13.2 Å². The van der Waals surface area contributed by atoms with Gasteiger partial charge in [-0.25, -0.2) is 0 Å². The molecule has 2 unspecified atom stereocenters. The van der Waals surface area contributed by atoms with E-state index in [0.717, 1.165) is 11.1 Å². The number of benzene rings is 1. The standard InChI is InChI=1S/C14H19F3N2O/c1-4-11(10-7-5-9(2)6-8-10)19-12(20)13(3,18)14(15,16)17/h5-8,11H,4,18H2,1-3H3,(H,19,20). The van der Waals surface area contributed by atoms with Gasteiger partial charge in [0.15, 0.2) is 5.54 Å². The quantitative estimate of drug-likeness (QED) is 0.895. The zero-order chi connectivity index (χ0) is 15.6. The molecule has 0 aliphatic heterocycles. The Hall–Kier alpha value is -1.56. The lowest BCUT2D eigenvalue weighted by Crippen LogP contribution is -2.61. The van der Waals surface area contributed by atoms with Crippen LogP contribution < -0.4 is 11.1 Å². The maximum atomic E-state index is 12.7. The van der Waals surface area contributed by atoms with Crippen LogP contribution in [0.2, 0.25) is 0 Å². The summed E-state index contributed by atoms with van der Waals surface area (Å²) in [4.78, 5) is 11.8. The van der Waals surface area contributed by atoms with Gasteiger partial charge in [0.25, 0.3) is 0 Å². The summed E-state index contributed by atoms with van der Waals surface area (Å²) in [7, 11) is 0. The second-order valence-corrected chi connectivity index (χ2v) is 5.05. The minimum absolute atomic E-state index is 0.475. The summed E-state index contributed by atoms with van der Waals surface area (Å²) in [6.07, 6.45) is -4.31. The van der Waals surface area contributed by atoms with Crippen LogP contribution in [-0.4, -0.2) is 17.6 Å². The first-order chi connectivity index (χ1) is 9.09. The fourth-order valence-electron chi connectivity index (χ4n) is 1.66. The van der Waals surface area contributed by atoms with Crippen molar-refractivity contribution in [1.29, 1.82) is 0 Å². The number of carbonyl (C=O) groups excluding carboxylic acids is 1. The maximum Gasteiger partial charge on any atom is 0.415 e. The van der Waals surface area contributed by atoms with E-state index < -0.39 is 23.7 Å². The van der Waals surface area contributed by atoms with Gasteiger partial charge in [-0.1, -0.05) is 36.8 Å². The van der Waals surface area contributed by atoms with Crippen molar-refractivity contribution >= 4 is 5.91 Å². The molecule has 1 amide bonds. The average molecular weight is 288 g/mol. The molecule has 0 aliphatic carbocycles. The zero-order valence-corrected chi connectivity index (χ0v) is 11.7. The van der Waals surface area contributed by atoms with Gasteiger partial charge in [-0.05, 0) is 25.8 Å². The molecule has 0 saturated heterocycles. The van der Waals surface area contributed by atoms with Gasteiger partial charge >= 0.3 is 6.18 Å². The molecular formula is C14H19F3N2O. The number of carbonyl (C=O) groups is 1. The Bertz CT molecular complexity index is 466. The van der Waals surface area contributed by atoms with Crippen molar-refractivity contribution in [3.05, 3.63) is 35.4 Å². The van der Waals surface area contributed by atoms with Crippen molar-refractivity contribution in [3.8, 4) is 0 Å². The van der Waals surface area contributed by atoms with Crippen LogP contribution in [0.15, 0.2) is 24.3 Å². The molecule has 1 aromatic carbocycles. The van der Waals surface area contributed by atoms with E-state index in [2.05, 4.69) is 5.32 Å². The lowest BCUT2D eigenvalue weighted by molar-refractivity contribution is -0.187. The average Bonchev–Trinajstić information content (AvgIpc) is 2.35. The third-order valence-corrected chi connectivity index (χ3v) is 3.25. The molecule has 0 heterocycles. The van der Waals surface area contributed by atoms with E-state index in [9.17, 15) is 18.0 Å². The first-order valence-electron chi connectivity index (χ1n) is 6.32. The van der Waals surface area contributed by atoms with Gasteiger partial charge < -0.3 is 11.1 Å². The molecule has 1 rings (SSSR count). The first-order valence-corrected chi connectivity index (χ1v) is 6.32. The molecule has 0 bridgehead atoms. The van der Waals surface area contributed by atoms with Crippen molar-refractivity contribution in [3.63, 3.8) is 0 Å². The van der Waals surface area contributed by atoms with Gasteiger partial charge in [-0.3, -0.25) is 4.79 Å². The number of nitrogens with one attached hydrogen (secondary N) is 1. The third-order valence-electron chi connectivity index (χ3n) is 3.25. The highest BCUT2D eigenvalue weighted by atomic mass is 19.4. The van der Waals surface area contributed by atoms with Crippen LogP contribution >= 0.6 is 0 Å². The van der Waals surface area contributed by atoms with Crippen molar-refractivity contribution in [2.75, 3.05) is 0 Å². The molecule has 3 nitrogen and oxygen atoms in total. The Morgan fingerprint density at radius 3 is 2.20 bits per heavy atom. The summed E-state index contributed by atoms with van der Waals surface area (Å²) >= 11 is 0. The largest absolute Gasteiger partial charge is 0.415 e. The van der Waals surface area contributed by atoms with Crippen molar-refractivity contribution < 1.29 is 18.0 Å². The first kappa shape index (κ1) is 16.5. The Morgan fingerprint density at radius 1 is 1.30 bits per heavy atom. The molecule has 0 aliphatic rings. The predicted molar refractivity (Wildman–Crippen MR) is 71.0 cm³/mol. The number of alkyl halides is 3. The van der Waals surface area contributed by atoms with Crippen LogP contribution in [-0.2, 0) is 4.79 Å². The summed E-state index contributed by atoms with van der Waals surface area (Å²) < 4.78 is 38.1. The van der Waals surface area contributed by atoms with Gasteiger partial charge in [0, 0.05) is 0 Å². The van der Waals surface area contributed by atoms with E-state index in [1.165, 1.54) is 0 Å². The Morgan fingerprint density at radius 2 is 1.80 bits per heavy atom. The zero-order valence-electron chi connectivity index (χ0n) is 11.7. The number of hydrogen-bond acceptors (Lipinski definition) is 2. The summed E-state index contributed by atoms with van der Waals surface area (Å²) in [5.41, 5.74) is 4.00. The summed E-state index contributed by atoms with van der Waals surface area (Å²) in [6.45, 7) is 4.36. The molecule has 1 aromatic rings. The molecule has 20 heavy (non-hydrogen) atoms. The monoisotopic (exact) mass is 288 g/mol. The van der Waals surface area contributed by atoms with Gasteiger partial charge in [0.2, 0.25) is 5.91 Å². The Labute approximate surface area is 116 Å². The number of rotatable bonds is 4. The summed E-state index contributed by atoms with van der Waals surface area (Å²) in [5.74, 6) is -1.22. The Kier molecular flexibility index (Phi) is 4.81. The Balaban J connectivity index is 2.89. The number of nitrogens with two attached hydrogens (primary N) is 1. The fraction of sp³-hybridized carbons (Fsp3) is 0.500. The number of hydrogen-bond donors (Lipinski definition) is 2. The number of aryl methyl sites for hydroxylation is 1. The van der Waals surface area contributed by atoms with Crippen LogP contribution in [0.5, 0.6) is 0 Å². The molecule has 3 N–H and O–H groups in total. The highest BCUT2D eigenvalue weighted by Crippen LogP contribution is 2.29. The van der Waals surface area contributed by atoms with E-state index in [-0.39, 0.29) is 0 Å². The van der Waals surface area contributed by atoms with Gasteiger partial charge in [0.1, 0.15) is 0 Å². The minimum Gasteiger partial charge on any atom is -0.347 e. The molecule has 112 valence electrons. The highest BCUT2D eigenvalue weighted by Gasteiger charge is 2.54. The maximum absolute atomic E-state index is 12.7. The van der Waals surface area contributed by atoms with Crippen LogP contribution in [0.1, 0.15) is 37.4 Å². The van der Waals surface area contributed by atoms with E-state index in [4.69, 9.17) is 5.73 Å². The summed E-state index contributed by atoms with van der Waals surface area (Å²) in [5, 5.41) is 2.37. The van der Waals surface area contributed by atoms with E-state index in [1.807, 2.05) is 19.1 Å². The molecule has 0 aromatic heterocycles. The molecule has 0 spiro atoms. The van der Waals surface area contributed by atoms with Crippen LogP contribution in [0.25, 0.3) is 0 Å². The van der Waals surface area contributed by atoms with E-state index >= 15 is 0 Å². The third kappa shape index (κ3) is 3.50. The van der Waals surface area contributed by atoms with Gasteiger partial charge in [0.05, 0.1) is 6.04 Å². The van der Waals surface area contributed by atoms with Crippen molar-refractivity contribution in [1.82, 2.24) is 5.32 Å². The van der Waals surface area contributed by atoms with E-state index in [1.54, 1.807) is 19.1 Å².